The van der Waals surface area contributed by atoms with E-state index >= 15 is 0 Å². The van der Waals surface area contributed by atoms with E-state index < -0.39 is 0 Å². The number of rotatable bonds is 3. The van der Waals surface area contributed by atoms with Gasteiger partial charge in [-0.1, -0.05) is 26.0 Å². The van der Waals surface area contributed by atoms with Crippen molar-refractivity contribution in [3.63, 3.8) is 0 Å². The Morgan fingerprint density at radius 3 is 2.40 bits per heavy atom. The minimum absolute atomic E-state index is 0.0194. The second-order valence-corrected chi connectivity index (χ2v) is 4.02. The number of nitrogens with one attached hydrogen (secondary N) is 1. The third kappa shape index (κ3) is 2.98. The Labute approximate surface area is 90.1 Å². The first kappa shape index (κ1) is 11.6. The van der Waals surface area contributed by atoms with Gasteiger partial charge in [-0.3, -0.25) is 4.79 Å². The minimum Gasteiger partial charge on any atom is -0.507 e. The molecule has 1 atom stereocenters. The monoisotopic (exact) mass is 207 g/mol. The molecule has 82 valence electrons. The van der Waals surface area contributed by atoms with Crippen LogP contribution >= 0.6 is 0 Å². The first-order valence-corrected chi connectivity index (χ1v) is 5.11. The van der Waals surface area contributed by atoms with E-state index in [0.717, 1.165) is 0 Å². The molecule has 0 heterocycles. The molecule has 0 aliphatic heterocycles. The standard InChI is InChI=1S/C12H17NO2/c1-8(2)9(3)13-12(15)10-6-4-5-7-11(10)14/h4-9,14H,1-3H3,(H,13,15)/t9-/m1/s1. The summed E-state index contributed by atoms with van der Waals surface area (Å²) in [6.07, 6.45) is 0. The van der Waals surface area contributed by atoms with Crippen LogP contribution < -0.4 is 5.32 Å². The molecule has 0 bridgehead atoms. The van der Waals surface area contributed by atoms with Gasteiger partial charge in [-0.2, -0.15) is 0 Å². The van der Waals surface area contributed by atoms with Crippen LogP contribution in [-0.2, 0) is 0 Å². The molecule has 0 saturated carbocycles. The zero-order chi connectivity index (χ0) is 11.4. The summed E-state index contributed by atoms with van der Waals surface area (Å²) < 4.78 is 0. The van der Waals surface area contributed by atoms with Crippen LogP contribution in [0.25, 0.3) is 0 Å². The fourth-order valence-corrected chi connectivity index (χ4v) is 1.12. The van der Waals surface area contributed by atoms with Crippen molar-refractivity contribution in [1.29, 1.82) is 0 Å². The lowest BCUT2D eigenvalue weighted by molar-refractivity contribution is 0.0928. The number of aromatic hydroxyl groups is 1. The van der Waals surface area contributed by atoms with E-state index in [1.54, 1.807) is 18.2 Å². The molecule has 0 radical (unpaired) electrons. The van der Waals surface area contributed by atoms with Crippen molar-refractivity contribution < 1.29 is 9.90 Å². The molecule has 0 unspecified atom stereocenters. The maximum absolute atomic E-state index is 11.7. The molecule has 1 amide bonds. The summed E-state index contributed by atoms with van der Waals surface area (Å²) in [5.41, 5.74) is 0.324. The summed E-state index contributed by atoms with van der Waals surface area (Å²) in [6.45, 7) is 6.02. The van der Waals surface area contributed by atoms with Crippen LogP contribution in [0, 0.1) is 5.92 Å². The van der Waals surface area contributed by atoms with E-state index in [2.05, 4.69) is 5.32 Å². The van der Waals surface area contributed by atoms with Gasteiger partial charge in [-0.15, -0.1) is 0 Å². The molecule has 3 nitrogen and oxygen atoms in total. The summed E-state index contributed by atoms with van der Waals surface area (Å²) in [6, 6.07) is 6.64. The average molecular weight is 207 g/mol. The molecule has 2 N–H and O–H groups in total. The third-order valence-corrected chi connectivity index (χ3v) is 2.51. The predicted octanol–water partition coefficient (Wildman–Crippen LogP) is 2.17. The minimum atomic E-state index is -0.227. The van der Waals surface area contributed by atoms with Gasteiger partial charge in [0.1, 0.15) is 5.75 Å². The number of carbonyl (C=O) groups is 1. The lowest BCUT2D eigenvalue weighted by Crippen LogP contribution is -2.36. The Morgan fingerprint density at radius 2 is 1.87 bits per heavy atom. The van der Waals surface area contributed by atoms with E-state index in [0.29, 0.717) is 11.5 Å². The van der Waals surface area contributed by atoms with Crippen molar-refractivity contribution in [1.82, 2.24) is 5.32 Å². The fourth-order valence-electron chi connectivity index (χ4n) is 1.12. The van der Waals surface area contributed by atoms with Crippen LogP contribution in [0.15, 0.2) is 24.3 Å². The lowest BCUT2D eigenvalue weighted by Gasteiger charge is -2.17. The Balaban J connectivity index is 2.74. The van der Waals surface area contributed by atoms with Gasteiger partial charge < -0.3 is 10.4 Å². The Morgan fingerprint density at radius 1 is 1.27 bits per heavy atom. The van der Waals surface area contributed by atoms with Gasteiger partial charge in [0, 0.05) is 6.04 Å². The molecule has 0 saturated heterocycles. The van der Waals surface area contributed by atoms with Gasteiger partial charge >= 0.3 is 0 Å². The smallest absolute Gasteiger partial charge is 0.255 e. The lowest BCUT2D eigenvalue weighted by atomic mass is 10.1. The maximum atomic E-state index is 11.7. The molecule has 0 fully saturated rings. The van der Waals surface area contributed by atoms with Gasteiger partial charge in [0.25, 0.3) is 5.91 Å². The van der Waals surface area contributed by atoms with Crippen molar-refractivity contribution in [2.45, 2.75) is 26.8 Å². The highest BCUT2D eigenvalue weighted by atomic mass is 16.3. The molecule has 3 heteroatoms. The van der Waals surface area contributed by atoms with E-state index in [-0.39, 0.29) is 17.7 Å². The van der Waals surface area contributed by atoms with Gasteiger partial charge in [0.15, 0.2) is 0 Å². The van der Waals surface area contributed by atoms with Gasteiger partial charge in [0.2, 0.25) is 0 Å². The van der Waals surface area contributed by atoms with Crippen molar-refractivity contribution >= 4 is 5.91 Å². The summed E-state index contributed by atoms with van der Waals surface area (Å²) in [5.74, 6) is 0.167. The molecule has 1 aromatic rings. The molecule has 1 rings (SSSR count). The SMILES string of the molecule is CC(C)[C@@H](C)NC(=O)c1ccccc1O. The number of hydrogen-bond donors (Lipinski definition) is 2. The van der Waals surface area contributed by atoms with Crippen LogP contribution in [0.4, 0.5) is 0 Å². The Hall–Kier alpha value is -1.51. The molecular formula is C12H17NO2. The number of para-hydroxylation sites is 1. The number of carbonyl (C=O) groups excluding carboxylic acids is 1. The zero-order valence-corrected chi connectivity index (χ0v) is 9.32. The first-order chi connectivity index (χ1) is 7.02. The third-order valence-electron chi connectivity index (χ3n) is 2.51. The van der Waals surface area contributed by atoms with Crippen molar-refractivity contribution in [3.05, 3.63) is 29.8 Å². The number of phenolic OH excluding ortho intramolecular Hbond substituents is 1. The number of phenols is 1. The van der Waals surface area contributed by atoms with Crippen LogP contribution in [0.1, 0.15) is 31.1 Å². The Bertz CT molecular complexity index is 347. The largest absolute Gasteiger partial charge is 0.507 e. The molecule has 0 aliphatic rings. The molecule has 0 aliphatic carbocycles. The van der Waals surface area contributed by atoms with E-state index in [1.807, 2.05) is 20.8 Å². The van der Waals surface area contributed by atoms with Gasteiger partial charge in [-0.05, 0) is 25.0 Å². The highest BCUT2D eigenvalue weighted by Gasteiger charge is 2.14. The summed E-state index contributed by atoms with van der Waals surface area (Å²) in [5, 5.41) is 12.3. The number of amides is 1. The van der Waals surface area contributed by atoms with Crippen molar-refractivity contribution in [2.24, 2.45) is 5.92 Å². The maximum Gasteiger partial charge on any atom is 0.255 e. The van der Waals surface area contributed by atoms with Crippen LogP contribution in [0.5, 0.6) is 5.75 Å². The summed E-state index contributed by atoms with van der Waals surface area (Å²) in [7, 11) is 0. The predicted molar refractivity (Wildman–Crippen MR) is 59.9 cm³/mol. The van der Waals surface area contributed by atoms with Crippen LogP contribution in [-0.4, -0.2) is 17.1 Å². The second-order valence-electron chi connectivity index (χ2n) is 4.02. The summed E-state index contributed by atoms with van der Waals surface area (Å²) in [4.78, 5) is 11.7. The molecule has 0 aromatic heterocycles. The topological polar surface area (TPSA) is 49.3 Å². The van der Waals surface area contributed by atoms with Crippen LogP contribution in [0.3, 0.4) is 0 Å². The molecule has 15 heavy (non-hydrogen) atoms. The van der Waals surface area contributed by atoms with E-state index in [9.17, 15) is 9.90 Å². The molecular weight excluding hydrogens is 190 g/mol. The van der Waals surface area contributed by atoms with Crippen molar-refractivity contribution in [3.8, 4) is 5.75 Å². The van der Waals surface area contributed by atoms with E-state index in [1.165, 1.54) is 6.07 Å². The average Bonchev–Trinajstić information content (AvgIpc) is 2.18. The van der Waals surface area contributed by atoms with Crippen LogP contribution in [0.2, 0.25) is 0 Å². The van der Waals surface area contributed by atoms with Crippen molar-refractivity contribution in [2.75, 3.05) is 0 Å². The normalized spacial score (nSPS) is 12.5. The number of benzene rings is 1. The Kier molecular flexibility index (Phi) is 3.72. The van der Waals surface area contributed by atoms with Gasteiger partial charge in [0.05, 0.1) is 5.56 Å². The van der Waals surface area contributed by atoms with Gasteiger partial charge in [-0.25, -0.2) is 0 Å². The highest BCUT2D eigenvalue weighted by molar-refractivity contribution is 5.96. The fraction of sp³-hybridized carbons (Fsp3) is 0.417. The van der Waals surface area contributed by atoms with E-state index in [4.69, 9.17) is 0 Å². The second kappa shape index (κ2) is 4.82. The molecule has 1 aromatic carbocycles. The first-order valence-electron chi connectivity index (χ1n) is 5.11. The molecule has 0 spiro atoms. The quantitative estimate of drug-likeness (QED) is 0.798. The zero-order valence-electron chi connectivity index (χ0n) is 9.32. The highest BCUT2D eigenvalue weighted by Crippen LogP contribution is 2.15. The summed E-state index contributed by atoms with van der Waals surface area (Å²) >= 11 is 0. The number of hydrogen-bond acceptors (Lipinski definition) is 2.